The standard InChI is InChI=1S/C23H26ClN3O2/c1-26-12-23(13-26)14-27(10-15-4-3-5-16(24)8-15)20(11-28)22-21(23)18-7-6-17(29-2)9-19(18)25-22/h3-9,20,25,28H,10-14H2,1-2H3/t20-/m1/s1. The van der Waals surface area contributed by atoms with Crippen molar-refractivity contribution in [3.63, 3.8) is 0 Å². The summed E-state index contributed by atoms with van der Waals surface area (Å²) in [7, 11) is 3.86. The molecule has 0 unspecified atom stereocenters. The highest BCUT2D eigenvalue weighted by Gasteiger charge is 2.51. The predicted octanol–water partition coefficient (Wildman–Crippen LogP) is 3.56. The van der Waals surface area contributed by atoms with E-state index in [2.05, 4.69) is 40.0 Å². The summed E-state index contributed by atoms with van der Waals surface area (Å²) >= 11 is 6.22. The van der Waals surface area contributed by atoms with Crippen molar-refractivity contribution in [3.05, 3.63) is 64.3 Å². The number of aromatic nitrogens is 1. The molecule has 2 aliphatic rings. The highest BCUT2D eigenvalue weighted by Crippen LogP contribution is 2.48. The van der Waals surface area contributed by atoms with E-state index in [0.717, 1.165) is 48.2 Å². The van der Waals surface area contributed by atoms with Gasteiger partial charge in [0.2, 0.25) is 0 Å². The molecular formula is C23H26ClN3O2. The molecule has 29 heavy (non-hydrogen) atoms. The van der Waals surface area contributed by atoms with Crippen molar-refractivity contribution in [1.29, 1.82) is 0 Å². The Morgan fingerprint density at radius 1 is 1.21 bits per heavy atom. The number of ether oxygens (including phenoxy) is 1. The number of nitrogens with zero attached hydrogens (tertiary/aromatic N) is 2. The number of likely N-dealkylation sites (tertiary alicyclic amines) is 1. The van der Waals surface area contributed by atoms with E-state index < -0.39 is 0 Å². The van der Waals surface area contributed by atoms with Gasteiger partial charge in [0.15, 0.2) is 0 Å². The van der Waals surface area contributed by atoms with E-state index in [1.807, 2.05) is 24.3 Å². The molecular weight excluding hydrogens is 386 g/mol. The molecule has 1 spiro atoms. The number of hydrogen-bond donors (Lipinski definition) is 2. The van der Waals surface area contributed by atoms with Crippen molar-refractivity contribution in [2.45, 2.75) is 18.0 Å². The van der Waals surface area contributed by atoms with Gasteiger partial charge in [-0.15, -0.1) is 0 Å². The zero-order chi connectivity index (χ0) is 20.2. The molecule has 5 rings (SSSR count). The van der Waals surface area contributed by atoms with Gasteiger partial charge in [0.1, 0.15) is 5.75 Å². The number of aliphatic hydroxyl groups is 1. The molecule has 1 aromatic heterocycles. The lowest BCUT2D eigenvalue weighted by Gasteiger charge is -2.55. The average molecular weight is 412 g/mol. The number of fused-ring (bicyclic) bond motifs is 4. The normalized spacial score (nSPS) is 21.3. The number of hydrogen-bond acceptors (Lipinski definition) is 4. The molecule has 3 heterocycles. The van der Waals surface area contributed by atoms with Crippen LogP contribution in [0.25, 0.3) is 10.9 Å². The fourth-order valence-electron chi connectivity index (χ4n) is 5.39. The highest BCUT2D eigenvalue weighted by molar-refractivity contribution is 6.30. The summed E-state index contributed by atoms with van der Waals surface area (Å²) < 4.78 is 5.43. The van der Waals surface area contributed by atoms with Gasteiger partial charge in [0, 0.05) is 59.3 Å². The zero-order valence-electron chi connectivity index (χ0n) is 16.8. The maximum absolute atomic E-state index is 10.4. The average Bonchev–Trinajstić information content (AvgIpc) is 3.06. The maximum atomic E-state index is 10.4. The number of halogens is 1. The van der Waals surface area contributed by atoms with E-state index in [9.17, 15) is 5.11 Å². The van der Waals surface area contributed by atoms with Crippen LogP contribution < -0.4 is 4.74 Å². The van der Waals surface area contributed by atoms with Crippen LogP contribution in [0.2, 0.25) is 5.02 Å². The third kappa shape index (κ3) is 3.04. The van der Waals surface area contributed by atoms with Crippen molar-refractivity contribution >= 4 is 22.5 Å². The molecule has 2 N–H and O–H groups in total. The van der Waals surface area contributed by atoms with E-state index in [4.69, 9.17) is 16.3 Å². The third-order valence-electron chi connectivity index (χ3n) is 6.44. The second kappa shape index (κ2) is 7.03. The van der Waals surface area contributed by atoms with Gasteiger partial charge in [0.25, 0.3) is 0 Å². The zero-order valence-corrected chi connectivity index (χ0v) is 17.5. The van der Waals surface area contributed by atoms with Gasteiger partial charge in [0.05, 0.1) is 19.8 Å². The maximum Gasteiger partial charge on any atom is 0.120 e. The summed E-state index contributed by atoms with van der Waals surface area (Å²) in [5.74, 6) is 0.840. The molecule has 0 bridgehead atoms. The Morgan fingerprint density at radius 2 is 2.03 bits per heavy atom. The SMILES string of the molecule is COc1ccc2c3c([nH]c2c1)[C@@H](CO)N(Cc1cccc(Cl)c1)CC31CN(C)C1. The van der Waals surface area contributed by atoms with Gasteiger partial charge >= 0.3 is 0 Å². The topological polar surface area (TPSA) is 51.7 Å². The van der Waals surface area contributed by atoms with Crippen molar-refractivity contribution in [2.24, 2.45) is 0 Å². The van der Waals surface area contributed by atoms with Gasteiger partial charge in [-0.25, -0.2) is 0 Å². The number of likely N-dealkylation sites (N-methyl/N-ethyl adjacent to an activating group) is 1. The van der Waals surface area contributed by atoms with Crippen molar-refractivity contribution < 1.29 is 9.84 Å². The fourth-order valence-corrected chi connectivity index (χ4v) is 5.61. The summed E-state index contributed by atoms with van der Waals surface area (Å²) in [6.45, 7) is 3.78. The van der Waals surface area contributed by atoms with Crippen LogP contribution in [0.5, 0.6) is 5.75 Å². The second-order valence-electron chi connectivity index (χ2n) is 8.51. The lowest BCUT2D eigenvalue weighted by molar-refractivity contribution is 0.00422. The number of H-pyrrole nitrogens is 1. The van der Waals surface area contributed by atoms with E-state index in [1.54, 1.807) is 7.11 Å². The molecule has 2 aliphatic heterocycles. The third-order valence-corrected chi connectivity index (χ3v) is 6.67. The van der Waals surface area contributed by atoms with E-state index in [0.29, 0.717) is 0 Å². The summed E-state index contributed by atoms with van der Waals surface area (Å²) in [6.07, 6.45) is 0. The number of nitrogens with one attached hydrogen (secondary N) is 1. The number of aliphatic hydroxyl groups excluding tert-OH is 1. The molecule has 152 valence electrons. The highest BCUT2D eigenvalue weighted by atomic mass is 35.5. The minimum atomic E-state index is -0.0705. The Morgan fingerprint density at radius 3 is 2.72 bits per heavy atom. The Kier molecular flexibility index (Phi) is 4.59. The summed E-state index contributed by atoms with van der Waals surface area (Å²) in [5, 5.41) is 12.3. The monoisotopic (exact) mass is 411 g/mol. The molecule has 1 saturated heterocycles. The quantitative estimate of drug-likeness (QED) is 0.689. The number of methoxy groups -OCH3 is 1. The minimum Gasteiger partial charge on any atom is -0.497 e. The first-order valence-electron chi connectivity index (χ1n) is 10.0. The van der Waals surface area contributed by atoms with Gasteiger partial charge in [-0.05, 0) is 42.4 Å². The number of aromatic amines is 1. The molecule has 1 fully saturated rings. The molecule has 2 aromatic carbocycles. The van der Waals surface area contributed by atoms with Crippen molar-refractivity contribution in [2.75, 3.05) is 40.4 Å². The smallest absolute Gasteiger partial charge is 0.120 e. The Bertz CT molecular complexity index is 1060. The predicted molar refractivity (Wildman–Crippen MR) is 116 cm³/mol. The lowest BCUT2D eigenvalue weighted by Crippen LogP contribution is -2.65. The molecule has 0 radical (unpaired) electrons. The molecule has 3 aromatic rings. The van der Waals surface area contributed by atoms with Crippen LogP contribution in [0.15, 0.2) is 42.5 Å². The van der Waals surface area contributed by atoms with Crippen LogP contribution in [-0.4, -0.2) is 60.3 Å². The summed E-state index contributed by atoms with van der Waals surface area (Å²) in [4.78, 5) is 8.39. The first-order chi connectivity index (χ1) is 14.0. The van der Waals surface area contributed by atoms with E-state index in [1.165, 1.54) is 16.5 Å². The van der Waals surface area contributed by atoms with Gasteiger partial charge in [-0.2, -0.15) is 0 Å². The Labute approximate surface area is 175 Å². The lowest BCUT2D eigenvalue weighted by atomic mass is 9.69. The Balaban J connectivity index is 1.61. The number of rotatable bonds is 4. The van der Waals surface area contributed by atoms with Gasteiger partial charge < -0.3 is 19.7 Å². The first-order valence-corrected chi connectivity index (χ1v) is 10.4. The van der Waals surface area contributed by atoms with Crippen LogP contribution in [-0.2, 0) is 12.0 Å². The molecule has 0 aliphatic carbocycles. The fraction of sp³-hybridized carbons (Fsp3) is 0.391. The van der Waals surface area contributed by atoms with Gasteiger partial charge in [-0.1, -0.05) is 23.7 Å². The van der Waals surface area contributed by atoms with E-state index >= 15 is 0 Å². The van der Waals surface area contributed by atoms with Crippen LogP contribution in [0.1, 0.15) is 22.9 Å². The minimum absolute atomic E-state index is 0.0705. The van der Waals surface area contributed by atoms with Crippen molar-refractivity contribution in [3.8, 4) is 5.75 Å². The number of benzene rings is 2. The van der Waals surface area contributed by atoms with Gasteiger partial charge in [-0.3, -0.25) is 4.90 Å². The van der Waals surface area contributed by atoms with Crippen molar-refractivity contribution in [1.82, 2.24) is 14.8 Å². The molecule has 6 heteroatoms. The van der Waals surface area contributed by atoms with Crippen LogP contribution in [0.4, 0.5) is 0 Å². The largest absolute Gasteiger partial charge is 0.497 e. The first kappa shape index (κ1) is 18.9. The molecule has 5 nitrogen and oxygen atoms in total. The van der Waals surface area contributed by atoms with Crippen LogP contribution >= 0.6 is 11.6 Å². The molecule has 1 atom stereocenters. The van der Waals surface area contributed by atoms with Crippen LogP contribution in [0, 0.1) is 0 Å². The summed E-state index contributed by atoms with van der Waals surface area (Å²) in [6, 6.07) is 14.2. The molecule has 0 saturated carbocycles. The van der Waals surface area contributed by atoms with E-state index in [-0.39, 0.29) is 18.1 Å². The summed E-state index contributed by atoms with van der Waals surface area (Å²) in [5.41, 5.74) is 4.82. The molecule has 0 amide bonds. The van der Waals surface area contributed by atoms with Crippen LogP contribution in [0.3, 0.4) is 0 Å². The Hall–Kier alpha value is -2.05. The second-order valence-corrected chi connectivity index (χ2v) is 8.95.